The predicted octanol–water partition coefficient (Wildman–Crippen LogP) is 6.39. The van der Waals surface area contributed by atoms with Crippen molar-refractivity contribution < 1.29 is 24.1 Å². The number of aliphatic hydroxyl groups excluding tert-OH is 1. The zero-order valence-corrected chi connectivity index (χ0v) is 23.3. The number of hydrogen-bond donors (Lipinski definition) is 1. The summed E-state index contributed by atoms with van der Waals surface area (Å²) in [5.41, 5.74) is 3.47. The van der Waals surface area contributed by atoms with E-state index in [1.807, 2.05) is 109 Å². The summed E-state index contributed by atoms with van der Waals surface area (Å²) in [6.07, 6.45) is -1.46. The van der Waals surface area contributed by atoms with Gasteiger partial charge in [0.1, 0.15) is 23.7 Å². The Morgan fingerprint density at radius 3 is 1.30 bits per heavy atom. The molecule has 0 saturated carbocycles. The molecule has 1 saturated heterocycles. The Labute approximate surface area is 241 Å². The summed E-state index contributed by atoms with van der Waals surface area (Å²) in [6, 6.07) is 40.3. The van der Waals surface area contributed by atoms with E-state index in [-0.39, 0.29) is 11.4 Å². The number of thioether (sulfide) groups is 1. The zero-order chi connectivity index (χ0) is 27.4. The molecule has 1 aliphatic heterocycles. The fraction of sp³-hybridized carbons (Fsp3) is 0.294. The first kappa shape index (κ1) is 28.6. The number of rotatable bonds is 13. The zero-order valence-electron chi connectivity index (χ0n) is 22.5. The van der Waals surface area contributed by atoms with Gasteiger partial charge in [0, 0.05) is 0 Å². The molecule has 0 radical (unpaired) electrons. The molecule has 5 nitrogen and oxygen atoms in total. The molecule has 208 valence electrons. The molecule has 1 heterocycles. The fourth-order valence-electron chi connectivity index (χ4n) is 4.77. The van der Waals surface area contributed by atoms with Crippen molar-refractivity contribution in [3.8, 4) is 0 Å². The maximum Gasteiger partial charge on any atom is 0.129 e. The first-order valence-corrected chi connectivity index (χ1v) is 14.6. The summed E-state index contributed by atoms with van der Waals surface area (Å²) in [7, 11) is 0. The van der Waals surface area contributed by atoms with Gasteiger partial charge in [0.2, 0.25) is 0 Å². The van der Waals surface area contributed by atoms with Crippen LogP contribution in [0.1, 0.15) is 22.3 Å². The molecule has 5 atom stereocenters. The van der Waals surface area contributed by atoms with Crippen molar-refractivity contribution in [3.63, 3.8) is 0 Å². The molecular weight excluding hydrogens is 520 g/mol. The van der Waals surface area contributed by atoms with E-state index in [2.05, 4.69) is 12.1 Å². The lowest BCUT2D eigenvalue weighted by Gasteiger charge is -2.44. The van der Waals surface area contributed by atoms with Crippen molar-refractivity contribution in [1.82, 2.24) is 0 Å². The molecule has 0 aliphatic carbocycles. The van der Waals surface area contributed by atoms with Crippen LogP contribution >= 0.6 is 11.8 Å². The molecule has 0 spiro atoms. The van der Waals surface area contributed by atoms with Crippen LogP contribution in [-0.4, -0.2) is 40.7 Å². The highest BCUT2D eigenvalue weighted by Gasteiger charge is 2.47. The number of benzene rings is 4. The molecule has 4 aromatic rings. The van der Waals surface area contributed by atoms with Crippen molar-refractivity contribution in [2.45, 2.75) is 55.4 Å². The third-order valence-corrected chi connectivity index (χ3v) is 8.16. The quantitative estimate of drug-likeness (QED) is 0.206. The number of hydrogen-bond acceptors (Lipinski definition) is 6. The highest BCUT2D eigenvalue weighted by atomic mass is 32.2. The summed E-state index contributed by atoms with van der Waals surface area (Å²) < 4.78 is 25.7. The molecular formula is C34H36O5S. The predicted molar refractivity (Wildman–Crippen MR) is 159 cm³/mol. The molecule has 1 N–H and O–H groups in total. The molecule has 6 heteroatoms. The van der Waals surface area contributed by atoms with Crippen LogP contribution in [0.3, 0.4) is 0 Å². The summed E-state index contributed by atoms with van der Waals surface area (Å²) in [6.45, 7) is 2.08. The Hall–Kier alpha value is -2.97. The monoisotopic (exact) mass is 556 g/mol. The lowest BCUT2D eigenvalue weighted by atomic mass is 10.0. The van der Waals surface area contributed by atoms with E-state index in [4.69, 9.17) is 18.9 Å². The Morgan fingerprint density at radius 2 is 0.850 bits per heavy atom. The average Bonchev–Trinajstić information content (AvgIpc) is 3.01. The maximum absolute atomic E-state index is 11.4. The molecule has 0 aromatic heterocycles. The van der Waals surface area contributed by atoms with Gasteiger partial charge >= 0.3 is 0 Å². The first-order chi connectivity index (χ1) is 19.8. The van der Waals surface area contributed by atoms with Gasteiger partial charge in [-0.05, 0) is 22.3 Å². The van der Waals surface area contributed by atoms with Crippen LogP contribution in [0.25, 0.3) is 0 Å². The van der Waals surface area contributed by atoms with Gasteiger partial charge in [0.05, 0.1) is 38.3 Å². The van der Waals surface area contributed by atoms with Crippen LogP contribution in [0.4, 0.5) is 0 Å². The van der Waals surface area contributed by atoms with Crippen LogP contribution in [0.2, 0.25) is 0 Å². The molecule has 0 unspecified atom stereocenters. The van der Waals surface area contributed by atoms with Crippen molar-refractivity contribution in [1.29, 1.82) is 0 Å². The maximum atomic E-state index is 11.4. The molecule has 1 fully saturated rings. The second-order valence-corrected chi connectivity index (χ2v) is 11.2. The van der Waals surface area contributed by atoms with Crippen LogP contribution in [0, 0.1) is 0 Å². The van der Waals surface area contributed by atoms with E-state index in [1.165, 1.54) is 11.8 Å². The van der Waals surface area contributed by atoms with Crippen LogP contribution < -0.4 is 0 Å². The van der Waals surface area contributed by atoms with E-state index >= 15 is 0 Å². The summed E-state index contributed by atoms with van der Waals surface area (Å²) >= 11 is 1.43. The molecule has 4 aromatic carbocycles. The summed E-state index contributed by atoms with van der Waals surface area (Å²) in [5, 5.41) is 11.2. The second-order valence-electron chi connectivity index (χ2n) is 9.85. The fourth-order valence-corrected chi connectivity index (χ4v) is 6.07. The third-order valence-electron chi connectivity index (χ3n) is 6.86. The van der Waals surface area contributed by atoms with E-state index in [9.17, 15) is 5.11 Å². The molecule has 1 aliphatic rings. The first-order valence-electron chi connectivity index (χ1n) is 13.7. The van der Waals surface area contributed by atoms with Gasteiger partial charge in [-0.15, -0.1) is 11.8 Å². The largest absolute Gasteiger partial charge is 0.380 e. The highest BCUT2D eigenvalue weighted by Crippen LogP contribution is 2.38. The van der Waals surface area contributed by atoms with Crippen molar-refractivity contribution in [2.75, 3.05) is 6.61 Å². The van der Waals surface area contributed by atoms with Crippen LogP contribution in [0.15, 0.2) is 121 Å². The Bertz CT molecular complexity index is 1240. The minimum absolute atomic E-state index is 0.153. The SMILES string of the molecule is O[C@H]1S[C@@H](COCc2ccccc2)[C@@H](OCc2ccccc2)[C@H](OCc2ccccc2)[C@H]1OCc1ccccc1. The smallest absolute Gasteiger partial charge is 0.129 e. The van der Waals surface area contributed by atoms with E-state index in [0.717, 1.165) is 22.3 Å². The summed E-state index contributed by atoms with van der Waals surface area (Å²) in [5.74, 6) is 0. The van der Waals surface area contributed by atoms with Gasteiger partial charge < -0.3 is 24.1 Å². The third kappa shape index (κ3) is 8.27. The number of ether oxygens (including phenoxy) is 4. The van der Waals surface area contributed by atoms with Crippen LogP contribution in [0.5, 0.6) is 0 Å². The molecule has 0 bridgehead atoms. The van der Waals surface area contributed by atoms with Crippen LogP contribution in [-0.2, 0) is 45.4 Å². The molecule has 5 rings (SSSR count). The topological polar surface area (TPSA) is 57.2 Å². The van der Waals surface area contributed by atoms with Crippen molar-refractivity contribution in [3.05, 3.63) is 144 Å². The Balaban J connectivity index is 1.36. The Kier molecular flexibility index (Phi) is 10.8. The van der Waals surface area contributed by atoms with Gasteiger partial charge in [0.25, 0.3) is 0 Å². The normalized spacial score (nSPS) is 22.7. The van der Waals surface area contributed by atoms with Crippen molar-refractivity contribution in [2.24, 2.45) is 0 Å². The Morgan fingerprint density at radius 1 is 0.475 bits per heavy atom. The van der Waals surface area contributed by atoms with E-state index in [1.54, 1.807) is 0 Å². The van der Waals surface area contributed by atoms with Gasteiger partial charge in [-0.2, -0.15) is 0 Å². The number of aliphatic hydroxyl groups is 1. The molecule has 0 amide bonds. The van der Waals surface area contributed by atoms with Gasteiger partial charge in [-0.1, -0.05) is 121 Å². The lowest BCUT2D eigenvalue weighted by molar-refractivity contribution is -0.175. The summed E-state index contributed by atoms with van der Waals surface area (Å²) in [4.78, 5) is 0. The minimum atomic E-state index is -0.800. The van der Waals surface area contributed by atoms with Gasteiger partial charge in [-0.3, -0.25) is 0 Å². The second kappa shape index (κ2) is 15.1. The highest BCUT2D eigenvalue weighted by molar-refractivity contribution is 8.00. The van der Waals surface area contributed by atoms with Gasteiger partial charge in [-0.25, -0.2) is 0 Å². The lowest BCUT2D eigenvalue weighted by Crippen LogP contribution is -2.57. The van der Waals surface area contributed by atoms with E-state index < -0.39 is 17.6 Å². The standard InChI is InChI=1S/C34H36O5S/c35-34-33(39-24-29-19-11-4-12-20-29)32(38-23-28-17-9-3-10-18-28)31(37-22-27-15-7-2-8-16-27)30(40-34)25-36-21-26-13-5-1-6-14-26/h1-20,30-35H,21-25H2/t30-,31+,32-,33+,34-/m0/s1. The van der Waals surface area contributed by atoms with E-state index in [0.29, 0.717) is 33.0 Å². The molecule has 40 heavy (non-hydrogen) atoms. The van der Waals surface area contributed by atoms with Gasteiger partial charge in [0.15, 0.2) is 0 Å². The van der Waals surface area contributed by atoms with Crippen molar-refractivity contribution >= 4 is 11.8 Å². The average molecular weight is 557 g/mol. The minimum Gasteiger partial charge on any atom is -0.380 e.